The van der Waals surface area contributed by atoms with Gasteiger partial charge in [-0.15, -0.1) is 0 Å². The van der Waals surface area contributed by atoms with Crippen molar-refractivity contribution in [1.29, 1.82) is 0 Å². The minimum Gasteiger partial charge on any atom is -0.465 e. The smallest absolute Gasteiger partial charge is 0.338 e. The molecule has 0 amide bonds. The lowest BCUT2D eigenvalue weighted by Crippen LogP contribution is -2.45. The molecule has 1 aromatic carbocycles. The summed E-state index contributed by atoms with van der Waals surface area (Å²) in [4.78, 5) is 24.2. The third kappa shape index (κ3) is 4.48. The first-order chi connectivity index (χ1) is 13.8. The predicted molar refractivity (Wildman–Crippen MR) is 111 cm³/mol. The molecule has 2 heterocycles. The van der Waals surface area contributed by atoms with Crippen LogP contribution in [0.4, 0.5) is 0 Å². The Bertz CT molecular complexity index is 975. The molecule has 1 aromatic heterocycles. The Kier molecular flexibility index (Phi) is 6.03. The number of allylic oxidation sites excluding steroid dienone is 1. The highest BCUT2D eigenvalue weighted by Crippen LogP contribution is 2.32. The van der Waals surface area contributed by atoms with Gasteiger partial charge in [-0.05, 0) is 57.3 Å². The highest BCUT2D eigenvalue weighted by atomic mass is 32.1. The van der Waals surface area contributed by atoms with Gasteiger partial charge in [0, 0.05) is 11.3 Å². The molecule has 7 nitrogen and oxygen atoms in total. The Morgan fingerprint density at radius 2 is 1.79 bits per heavy atom. The van der Waals surface area contributed by atoms with Gasteiger partial charge in [-0.2, -0.15) is 0 Å². The molecule has 0 spiro atoms. The maximum Gasteiger partial charge on any atom is 0.338 e. The minimum atomic E-state index is -0.571. The summed E-state index contributed by atoms with van der Waals surface area (Å²) in [6, 6.07) is 9.88. The predicted octanol–water partition coefficient (Wildman–Crippen LogP) is 3.48. The summed E-state index contributed by atoms with van der Waals surface area (Å²) in [6.45, 7) is 5.35. The lowest BCUT2D eigenvalue weighted by Gasteiger charge is -2.28. The van der Waals surface area contributed by atoms with E-state index in [4.69, 9.17) is 26.1 Å². The van der Waals surface area contributed by atoms with Crippen LogP contribution in [0, 0.1) is 0 Å². The Labute approximate surface area is 174 Å². The van der Waals surface area contributed by atoms with E-state index in [0.717, 1.165) is 5.56 Å². The first-order valence-electron chi connectivity index (χ1n) is 9.08. The fraction of sp³-hybridized carbons (Fsp3) is 0.286. The van der Waals surface area contributed by atoms with E-state index in [9.17, 15) is 9.59 Å². The van der Waals surface area contributed by atoms with Crippen molar-refractivity contribution in [2.24, 2.45) is 0 Å². The van der Waals surface area contributed by atoms with Gasteiger partial charge in [0.1, 0.15) is 17.6 Å². The highest BCUT2D eigenvalue weighted by molar-refractivity contribution is 7.80. The van der Waals surface area contributed by atoms with Crippen molar-refractivity contribution < 1.29 is 23.5 Å². The zero-order valence-corrected chi connectivity index (χ0v) is 17.4. The number of carbonyl (C=O) groups excluding carboxylic acids is 2. The fourth-order valence-electron chi connectivity index (χ4n) is 3.01. The molecule has 0 radical (unpaired) electrons. The Morgan fingerprint density at radius 1 is 1.10 bits per heavy atom. The number of furan rings is 1. The largest absolute Gasteiger partial charge is 0.465 e. The SMILES string of the molecule is COC(=O)c1ccc(-c2ccc([C@H]3NC(=S)NC(C)=C3C(=O)OC(C)C)o2)cc1. The van der Waals surface area contributed by atoms with E-state index >= 15 is 0 Å². The number of thiocarbonyl (C=S) groups is 1. The average Bonchev–Trinajstić information content (AvgIpc) is 3.16. The maximum absolute atomic E-state index is 12.6. The molecule has 29 heavy (non-hydrogen) atoms. The maximum atomic E-state index is 12.6. The third-order valence-electron chi connectivity index (χ3n) is 4.33. The topological polar surface area (TPSA) is 89.8 Å². The second-order valence-electron chi connectivity index (χ2n) is 6.80. The first kappa shape index (κ1) is 20.6. The molecule has 0 bridgehead atoms. The van der Waals surface area contributed by atoms with Crippen LogP contribution >= 0.6 is 12.2 Å². The standard InChI is InChI=1S/C21H22N2O5S/c1-11(2)27-20(25)17-12(3)22-21(29)23-18(17)16-10-9-15(28-16)13-5-7-14(8-6-13)19(24)26-4/h5-11,18H,1-4H3,(H2,22,23,29)/t18-/m1/s1. The Hall–Kier alpha value is -3.13. The molecular weight excluding hydrogens is 392 g/mol. The minimum absolute atomic E-state index is 0.252. The van der Waals surface area contributed by atoms with Crippen LogP contribution in [-0.4, -0.2) is 30.3 Å². The number of hydrogen-bond acceptors (Lipinski definition) is 6. The van der Waals surface area contributed by atoms with Crippen LogP contribution in [0.25, 0.3) is 11.3 Å². The fourth-order valence-corrected chi connectivity index (χ4v) is 3.28. The summed E-state index contributed by atoms with van der Waals surface area (Å²) in [6.07, 6.45) is -0.252. The Morgan fingerprint density at radius 3 is 2.41 bits per heavy atom. The Balaban J connectivity index is 1.91. The van der Waals surface area contributed by atoms with Crippen molar-refractivity contribution in [1.82, 2.24) is 10.6 Å². The van der Waals surface area contributed by atoms with Gasteiger partial charge in [0.05, 0.1) is 24.4 Å². The zero-order valence-electron chi connectivity index (χ0n) is 16.6. The lowest BCUT2D eigenvalue weighted by atomic mass is 10.0. The van der Waals surface area contributed by atoms with Gasteiger partial charge in [-0.25, -0.2) is 9.59 Å². The number of carbonyl (C=O) groups is 2. The van der Waals surface area contributed by atoms with Gasteiger partial charge >= 0.3 is 11.9 Å². The van der Waals surface area contributed by atoms with Gasteiger partial charge in [-0.3, -0.25) is 0 Å². The van der Waals surface area contributed by atoms with Crippen molar-refractivity contribution in [3.05, 3.63) is 59.0 Å². The van der Waals surface area contributed by atoms with Gasteiger partial charge in [-0.1, -0.05) is 12.1 Å². The van der Waals surface area contributed by atoms with Crippen LogP contribution in [-0.2, 0) is 14.3 Å². The number of hydrogen-bond donors (Lipinski definition) is 2. The first-order valence-corrected chi connectivity index (χ1v) is 9.48. The molecule has 152 valence electrons. The van der Waals surface area contributed by atoms with E-state index in [2.05, 4.69) is 10.6 Å². The van der Waals surface area contributed by atoms with E-state index in [0.29, 0.717) is 33.5 Å². The molecule has 0 unspecified atom stereocenters. The third-order valence-corrected chi connectivity index (χ3v) is 4.55. The summed E-state index contributed by atoms with van der Waals surface area (Å²) in [5.41, 5.74) is 2.26. The molecule has 0 aliphatic carbocycles. The summed E-state index contributed by atoms with van der Waals surface area (Å²) < 4.78 is 16.1. The summed E-state index contributed by atoms with van der Waals surface area (Å²) >= 11 is 5.24. The second kappa shape index (κ2) is 8.48. The van der Waals surface area contributed by atoms with Crippen LogP contribution in [0.1, 0.15) is 42.9 Å². The van der Waals surface area contributed by atoms with Crippen LogP contribution in [0.2, 0.25) is 0 Å². The van der Waals surface area contributed by atoms with E-state index < -0.39 is 18.0 Å². The highest BCUT2D eigenvalue weighted by Gasteiger charge is 2.33. The molecule has 3 rings (SSSR count). The van der Waals surface area contributed by atoms with Crippen molar-refractivity contribution in [2.75, 3.05) is 7.11 Å². The molecule has 2 N–H and O–H groups in total. The van der Waals surface area contributed by atoms with Gasteiger partial charge in [0.2, 0.25) is 0 Å². The quantitative estimate of drug-likeness (QED) is 0.568. The van der Waals surface area contributed by atoms with Crippen molar-refractivity contribution in [3.8, 4) is 11.3 Å². The molecule has 1 aliphatic rings. The van der Waals surface area contributed by atoms with E-state index in [-0.39, 0.29) is 6.10 Å². The van der Waals surface area contributed by atoms with Crippen LogP contribution < -0.4 is 10.6 Å². The lowest BCUT2D eigenvalue weighted by molar-refractivity contribution is -0.143. The second-order valence-corrected chi connectivity index (χ2v) is 7.20. The number of rotatable bonds is 5. The molecule has 1 aliphatic heterocycles. The number of ether oxygens (including phenoxy) is 2. The number of esters is 2. The van der Waals surface area contributed by atoms with Crippen molar-refractivity contribution >= 4 is 29.3 Å². The van der Waals surface area contributed by atoms with Crippen LogP contribution in [0.3, 0.4) is 0 Å². The summed E-state index contributed by atoms with van der Waals surface area (Å²) in [7, 11) is 1.34. The van der Waals surface area contributed by atoms with E-state index in [1.807, 2.05) is 0 Å². The molecule has 0 saturated heterocycles. The average molecular weight is 414 g/mol. The number of benzene rings is 1. The summed E-state index contributed by atoms with van der Waals surface area (Å²) in [5, 5.41) is 6.43. The van der Waals surface area contributed by atoms with Crippen LogP contribution in [0.5, 0.6) is 0 Å². The van der Waals surface area contributed by atoms with Crippen LogP contribution in [0.15, 0.2) is 52.1 Å². The monoisotopic (exact) mass is 414 g/mol. The number of nitrogens with one attached hydrogen (secondary N) is 2. The molecule has 2 aromatic rings. The zero-order chi connectivity index (χ0) is 21.1. The molecule has 0 fully saturated rings. The van der Waals surface area contributed by atoms with Crippen molar-refractivity contribution in [2.45, 2.75) is 32.9 Å². The molecule has 1 atom stereocenters. The van der Waals surface area contributed by atoms with E-state index in [1.165, 1.54) is 7.11 Å². The summed E-state index contributed by atoms with van der Waals surface area (Å²) in [5.74, 6) is 0.274. The van der Waals surface area contributed by atoms with E-state index in [1.54, 1.807) is 57.2 Å². The van der Waals surface area contributed by atoms with Gasteiger partial charge in [0.25, 0.3) is 0 Å². The molecule has 0 saturated carbocycles. The molecular formula is C21H22N2O5S. The van der Waals surface area contributed by atoms with Gasteiger partial charge < -0.3 is 24.5 Å². The number of methoxy groups -OCH3 is 1. The van der Waals surface area contributed by atoms with Crippen molar-refractivity contribution in [3.63, 3.8) is 0 Å². The normalized spacial score (nSPS) is 16.3. The van der Waals surface area contributed by atoms with Gasteiger partial charge in [0.15, 0.2) is 5.11 Å². The molecule has 8 heteroatoms.